The van der Waals surface area contributed by atoms with Crippen LogP contribution in [0.25, 0.3) is 0 Å². The summed E-state index contributed by atoms with van der Waals surface area (Å²) in [5.41, 5.74) is 0. The highest BCUT2D eigenvalue weighted by molar-refractivity contribution is 7.91. The molecule has 0 radical (unpaired) electrons. The lowest BCUT2D eigenvalue weighted by Crippen LogP contribution is -2.10. The number of sulfone groups is 1. The summed E-state index contributed by atoms with van der Waals surface area (Å²) in [4.78, 5) is 0.333. The van der Waals surface area contributed by atoms with E-state index >= 15 is 0 Å². The average Bonchev–Trinajstić information content (AvgIpc) is 2.28. The van der Waals surface area contributed by atoms with Gasteiger partial charge in [0.25, 0.3) is 0 Å². The zero-order valence-corrected chi connectivity index (χ0v) is 12.0. The smallest absolute Gasteiger partial charge is 0.178 e. The van der Waals surface area contributed by atoms with Crippen molar-refractivity contribution in [2.75, 3.05) is 11.6 Å². The van der Waals surface area contributed by atoms with Crippen LogP contribution < -0.4 is 0 Å². The molecule has 0 fully saturated rings. The molecule has 96 valence electrons. The molecule has 0 heterocycles. The topological polar surface area (TPSA) is 34.1 Å². The second-order valence-electron chi connectivity index (χ2n) is 4.14. The minimum atomic E-state index is -3.19. The molecule has 17 heavy (non-hydrogen) atoms. The molecule has 1 unspecified atom stereocenters. The number of hydrogen-bond acceptors (Lipinski definition) is 2. The van der Waals surface area contributed by atoms with Gasteiger partial charge >= 0.3 is 0 Å². The highest BCUT2D eigenvalue weighted by atomic mass is 35.5. The Morgan fingerprint density at radius 1 is 1.18 bits per heavy atom. The molecule has 1 aromatic carbocycles. The van der Waals surface area contributed by atoms with Gasteiger partial charge < -0.3 is 0 Å². The van der Waals surface area contributed by atoms with Crippen molar-refractivity contribution in [1.82, 2.24) is 0 Å². The molecule has 2 nitrogen and oxygen atoms in total. The largest absolute Gasteiger partial charge is 0.224 e. The second kappa shape index (κ2) is 6.62. The van der Waals surface area contributed by atoms with E-state index in [0.717, 1.165) is 6.42 Å². The van der Waals surface area contributed by atoms with Gasteiger partial charge in [0.15, 0.2) is 9.84 Å². The van der Waals surface area contributed by atoms with Crippen molar-refractivity contribution >= 4 is 33.0 Å². The molecule has 0 amide bonds. The summed E-state index contributed by atoms with van der Waals surface area (Å²) < 4.78 is 24.0. The van der Waals surface area contributed by atoms with Gasteiger partial charge in [0.1, 0.15) is 0 Å². The number of rotatable bonds is 6. The molecule has 0 N–H and O–H groups in total. The molecule has 0 aliphatic rings. The normalized spacial score (nSPS) is 13.6. The van der Waals surface area contributed by atoms with Crippen LogP contribution in [0.2, 0.25) is 5.02 Å². The van der Waals surface area contributed by atoms with E-state index in [4.69, 9.17) is 23.2 Å². The van der Waals surface area contributed by atoms with Crippen molar-refractivity contribution < 1.29 is 8.42 Å². The molecule has 1 atom stereocenters. The van der Waals surface area contributed by atoms with Crippen molar-refractivity contribution in [3.63, 3.8) is 0 Å². The molecule has 0 saturated carbocycles. The van der Waals surface area contributed by atoms with Gasteiger partial charge in [-0.15, -0.1) is 11.6 Å². The number of hydrogen-bond donors (Lipinski definition) is 0. The van der Waals surface area contributed by atoms with Gasteiger partial charge in [0, 0.05) is 10.9 Å². The van der Waals surface area contributed by atoms with E-state index in [1.54, 1.807) is 24.3 Å². The molecule has 0 aliphatic heterocycles. The van der Waals surface area contributed by atoms with Crippen LogP contribution >= 0.6 is 23.2 Å². The SMILES string of the molecule is CC(CCCl)CCS(=O)(=O)c1ccc(Cl)cc1. The molecule has 0 bridgehead atoms. The zero-order chi connectivity index (χ0) is 12.9. The van der Waals surface area contributed by atoms with Gasteiger partial charge in [-0.25, -0.2) is 8.42 Å². The molecule has 0 aliphatic carbocycles. The lowest BCUT2D eigenvalue weighted by molar-refractivity contribution is 0.534. The van der Waals surface area contributed by atoms with Gasteiger partial charge in [0.05, 0.1) is 10.6 Å². The minimum Gasteiger partial charge on any atom is -0.224 e. The third-order valence-electron chi connectivity index (χ3n) is 2.65. The van der Waals surface area contributed by atoms with E-state index in [1.807, 2.05) is 6.92 Å². The van der Waals surface area contributed by atoms with Gasteiger partial charge in [-0.3, -0.25) is 0 Å². The minimum absolute atomic E-state index is 0.159. The first-order valence-corrected chi connectivity index (χ1v) is 8.06. The molecule has 1 rings (SSSR count). The first-order chi connectivity index (χ1) is 7.95. The van der Waals surface area contributed by atoms with Crippen molar-refractivity contribution in [3.05, 3.63) is 29.3 Å². The van der Waals surface area contributed by atoms with Gasteiger partial charge in [-0.1, -0.05) is 18.5 Å². The third-order valence-corrected chi connectivity index (χ3v) is 4.89. The Morgan fingerprint density at radius 3 is 2.29 bits per heavy atom. The van der Waals surface area contributed by atoms with Crippen molar-refractivity contribution in [1.29, 1.82) is 0 Å². The highest BCUT2D eigenvalue weighted by Crippen LogP contribution is 2.18. The Hall–Kier alpha value is -0.250. The van der Waals surface area contributed by atoms with Crippen LogP contribution in [0.5, 0.6) is 0 Å². The molecule has 5 heteroatoms. The summed E-state index contributed by atoms with van der Waals surface area (Å²) in [5.74, 6) is 1.06. The maximum Gasteiger partial charge on any atom is 0.178 e. The highest BCUT2D eigenvalue weighted by Gasteiger charge is 2.15. The predicted molar refractivity (Wildman–Crippen MR) is 72.6 cm³/mol. The van der Waals surface area contributed by atoms with Gasteiger partial charge in [-0.2, -0.15) is 0 Å². The van der Waals surface area contributed by atoms with Crippen LogP contribution in [0.1, 0.15) is 19.8 Å². The maximum atomic E-state index is 12.0. The fraction of sp³-hybridized carbons (Fsp3) is 0.500. The summed E-state index contributed by atoms with van der Waals surface area (Å²) in [5, 5.41) is 0.541. The number of halogens is 2. The molecule has 0 aromatic heterocycles. The molecular weight excluding hydrogens is 279 g/mol. The van der Waals surface area contributed by atoms with Crippen LogP contribution in [0, 0.1) is 5.92 Å². The molecule has 0 saturated heterocycles. The summed E-state index contributed by atoms with van der Waals surface area (Å²) in [6.07, 6.45) is 1.48. The number of benzene rings is 1. The maximum absolute atomic E-state index is 12.0. The van der Waals surface area contributed by atoms with E-state index < -0.39 is 9.84 Å². The lowest BCUT2D eigenvalue weighted by atomic mass is 10.1. The van der Waals surface area contributed by atoms with Crippen LogP contribution in [-0.2, 0) is 9.84 Å². The van der Waals surface area contributed by atoms with Crippen molar-refractivity contribution in [3.8, 4) is 0 Å². The average molecular weight is 295 g/mol. The Kier molecular flexibility index (Phi) is 5.77. The zero-order valence-electron chi connectivity index (χ0n) is 9.70. The Labute approximate surface area is 113 Å². The number of alkyl halides is 1. The molecular formula is C12H16Cl2O2S. The third kappa shape index (κ3) is 4.86. The van der Waals surface area contributed by atoms with E-state index in [9.17, 15) is 8.42 Å². The van der Waals surface area contributed by atoms with E-state index in [2.05, 4.69) is 0 Å². The van der Waals surface area contributed by atoms with Crippen LogP contribution in [0.15, 0.2) is 29.2 Å². The quantitative estimate of drug-likeness (QED) is 0.749. The van der Waals surface area contributed by atoms with Crippen molar-refractivity contribution in [2.45, 2.75) is 24.7 Å². The van der Waals surface area contributed by atoms with Crippen LogP contribution in [0.3, 0.4) is 0 Å². The first kappa shape index (κ1) is 14.8. The summed E-state index contributed by atoms with van der Waals surface area (Å²) in [6, 6.07) is 6.28. The van der Waals surface area contributed by atoms with E-state index in [-0.39, 0.29) is 5.75 Å². The van der Waals surface area contributed by atoms with Crippen molar-refractivity contribution in [2.24, 2.45) is 5.92 Å². The van der Waals surface area contributed by atoms with Gasteiger partial charge in [0.2, 0.25) is 0 Å². The summed E-state index contributed by atoms with van der Waals surface area (Å²) in [7, 11) is -3.19. The summed E-state index contributed by atoms with van der Waals surface area (Å²) in [6.45, 7) is 2.01. The fourth-order valence-corrected chi connectivity index (χ4v) is 3.44. The molecule has 0 spiro atoms. The predicted octanol–water partition coefficient (Wildman–Crippen LogP) is 3.77. The van der Waals surface area contributed by atoms with E-state index in [1.165, 1.54) is 0 Å². The van der Waals surface area contributed by atoms with Gasteiger partial charge in [-0.05, 0) is 43.0 Å². The van der Waals surface area contributed by atoms with E-state index in [0.29, 0.717) is 28.1 Å². The fourth-order valence-electron chi connectivity index (χ4n) is 1.45. The lowest BCUT2D eigenvalue weighted by Gasteiger charge is -2.09. The summed E-state index contributed by atoms with van der Waals surface area (Å²) >= 11 is 11.3. The monoisotopic (exact) mass is 294 g/mol. The first-order valence-electron chi connectivity index (χ1n) is 5.50. The van der Waals surface area contributed by atoms with Crippen LogP contribution in [-0.4, -0.2) is 20.1 Å². The Balaban J connectivity index is 2.66. The second-order valence-corrected chi connectivity index (χ2v) is 7.07. The molecule has 1 aromatic rings. The Morgan fingerprint density at radius 2 is 1.76 bits per heavy atom. The Bertz CT molecular complexity index is 440. The standard InChI is InChI=1S/C12H16Cl2O2S/c1-10(6-8-13)7-9-17(15,16)12-4-2-11(14)3-5-12/h2-5,10H,6-9H2,1H3. The van der Waals surface area contributed by atoms with Crippen LogP contribution in [0.4, 0.5) is 0 Å².